The summed E-state index contributed by atoms with van der Waals surface area (Å²) in [5.41, 5.74) is 1.06. The van der Waals surface area contributed by atoms with Gasteiger partial charge in [-0.3, -0.25) is 4.48 Å². The summed E-state index contributed by atoms with van der Waals surface area (Å²) in [4.78, 5) is 0. The van der Waals surface area contributed by atoms with Crippen molar-refractivity contribution in [3.63, 3.8) is 0 Å². The van der Waals surface area contributed by atoms with Crippen molar-refractivity contribution in [1.82, 2.24) is 0 Å². The highest BCUT2D eigenvalue weighted by atomic mass is 35.5. The number of nitrogens with zero attached hydrogens (tertiary/aromatic N) is 1. The smallest absolute Gasteiger partial charge is 0.142 e. The lowest BCUT2D eigenvalue weighted by atomic mass is 10.2. The lowest BCUT2D eigenvalue weighted by Gasteiger charge is -2.38. The zero-order chi connectivity index (χ0) is 14.1. The van der Waals surface area contributed by atoms with E-state index in [1.54, 1.807) is 0 Å². The quantitative estimate of drug-likeness (QED) is 0.391. The maximum atomic E-state index is 5.62. The van der Waals surface area contributed by atoms with Crippen molar-refractivity contribution >= 4 is 11.6 Å². The summed E-state index contributed by atoms with van der Waals surface area (Å²) in [5, 5.41) is 0. The third-order valence-corrected chi connectivity index (χ3v) is 3.58. The maximum Gasteiger partial charge on any atom is 0.142 e. The van der Waals surface area contributed by atoms with E-state index in [2.05, 4.69) is 23.7 Å². The van der Waals surface area contributed by atoms with Gasteiger partial charge in [0.25, 0.3) is 0 Å². The normalized spacial score (nSPS) is 15.7. The number of hydrogen-bond donors (Lipinski definition) is 0. The molecule has 1 aromatic carbocycles. The molecule has 1 aromatic rings. The molecule has 2 nitrogen and oxygen atoms in total. The van der Waals surface area contributed by atoms with E-state index in [-0.39, 0.29) is 12.4 Å². The minimum Gasteiger partial charge on any atom is -1.00 e. The largest absolute Gasteiger partial charge is 1.00 e. The fourth-order valence-electron chi connectivity index (χ4n) is 2.20. The number of rotatable bonds is 2. The summed E-state index contributed by atoms with van der Waals surface area (Å²) in [7, 11) is 0. The first-order chi connectivity index (χ1) is 9.85. The van der Waals surface area contributed by atoms with Crippen molar-refractivity contribution in [2.75, 3.05) is 45.3 Å². The SMILES string of the molecule is ClCC#CC[N+]1(CC#Cc2ccccc2)CCOCC1.[Cl-]. The Balaban J connectivity index is 0.00000220. The monoisotopic (exact) mass is 323 g/mol. The van der Waals surface area contributed by atoms with E-state index in [0.717, 1.165) is 49.4 Å². The molecule has 1 aliphatic rings. The zero-order valence-corrected chi connectivity index (χ0v) is 13.5. The van der Waals surface area contributed by atoms with Crippen LogP contribution in [-0.2, 0) is 4.74 Å². The molecule has 0 atom stereocenters. The molecular weight excluding hydrogens is 305 g/mol. The van der Waals surface area contributed by atoms with Gasteiger partial charge < -0.3 is 17.1 Å². The summed E-state index contributed by atoms with van der Waals surface area (Å²) >= 11 is 5.62. The van der Waals surface area contributed by atoms with Crippen LogP contribution in [0.2, 0.25) is 0 Å². The Kier molecular flexibility index (Phi) is 8.28. The minimum atomic E-state index is 0. The van der Waals surface area contributed by atoms with Gasteiger partial charge in [-0.05, 0) is 24.0 Å². The van der Waals surface area contributed by atoms with Crippen LogP contribution < -0.4 is 12.4 Å². The van der Waals surface area contributed by atoms with E-state index in [4.69, 9.17) is 16.3 Å². The Hall–Kier alpha value is -1.16. The average molecular weight is 324 g/mol. The predicted molar refractivity (Wildman–Crippen MR) is 82.4 cm³/mol. The fourth-order valence-corrected chi connectivity index (χ4v) is 2.30. The summed E-state index contributed by atoms with van der Waals surface area (Å²) in [6, 6.07) is 10.1. The van der Waals surface area contributed by atoms with Gasteiger partial charge in [0.05, 0.1) is 19.1 Å². The van der Waals surface area contributed by atoms with Crippen LogP contribution in [0.3, 0.4) is 0 Å². The molecule has 112 valence electrons. The van der Waals surface area contributed by atoms with E-state index < -0.39 is 0 Å². The highest BCUT2D eigenvalue weighted by molar-refractivity contribution is 6.19. The molecule has 0 N–H and O–H groups in total. The van der Waals surface area contributed by atoms with Crippen LogP contribution in [0, 0.1) is 23.7 Å². The lowest BCUT2D eigenvalue weighted by Crippen LogP contribution is -3.00. The highest BCUT2D eigenvalue weighted by Crippen LogP contribution is 2.10. The van der Waals surface area contributed by atoms with Gasteiger partial charge in [0.1, 0.15) is 26.2 Å². The van der Waals surface area contributed by atoms with Crippen LogP contribution in [0.15, 0.2) is 30.3 Å². The molecule has 0 unspecified atom stereocenters. The average Bonchev–Trinajstić information content (AvgIpc) is 2.50. The molecule has 0 aromatic heterocycles. The molecule has 1 aliphatic heterocycles. The fraction of sp³-hybridized carbons (Fsp3) is 0.412. The van der Waals surface area contributed by atoms with Gasteiger partial charge in [0.2, 0.25) is 0 Å². The molecule has 0 amide bonds. The van der Waals surface area contributed by atoms with Crippen LogP contribution in [-0.4, -0.2) is 49.8 Å². The summed E-state index contributed by atoms with van der Waals surface area (Å²) in [6.45, 7) is 5.14. The van der Waals surface area contributed by atoms with Gasteiger partial charge in [-0.15, -0.1) is 11.6 Å². The molecule has 0 aliphatic carbocycles. The Morgan fingerprint density at radius 2 is 1.67 bits per heavy atom. The second-order valence-electron chi connectivity index (χ2n) is 4.87. The number of morpholine rings is 1. The summed E-state index contributed by atoms with van der Waals surface area (Å²) in [6.07, 6.45) is 0. The molecule has 1 heterocycles. The third-order valence-electron chi connectivity index (χ3n) is 3.45. The minimum absolute atomic E-state index is 0. The number of halogens is 2. The van der Waals surface area contributed by atoms with Crippen molar-refractivity contribution in [3.8, 4) is 23.7 Å². The van der Waals surface area contributed by atoms with Gasteiger partial charge in [0, 0.05) is 5.56 Å². The van der Waals surface area contributed by atoms with Crippen LogP contribution >= 0.6 is 11.6 Å². The van der Waals surface area contributed by atoms with Gasteiger partial charge in [0.15, 0.2) is 0 Å². The molecule has 0 spiro atoms. The Morgan fingerprint density at radius 1 is 1.00 bits per heavy atom. The van der Waals surface area contributed by atoms with E-state index in [1.165, 1.54) is 0 Å². The number of benzene rings is 1. The van der Waals surface area contributed by atoms with Crippen molar-refractivity contribution < 1.29 is 21.6 Å². The van der Waals surface area contributed by atoms with Crippen LogP contribution in [0.1, 0.15) is 5.56 Å². The molecule has 21 heavy (non-hydrogen) atoms. The number of quaternary nitrogens is 1. The van der Waals surface area contributed by atoms with E-state index in [1.807, 2.05) is 30.3 Å². The molecular formula is C17H19Cl2NO. The molecule has 1 fully saturated rings. The number of hydrogen-bond acceptors (Lipinski definition) is 1. The van der Waals surface area contributed by atoms with Crippen LogP contribution in [0.4, 0.5) is 0 Å². The Labute approximate surface area is 138 Å². The van der Waals surface area contributed by atoms with Crippen molar-refractivity contribution in [2.45, 2.75) is 0 Å². The molecule has 1 saturated heterocycles. The van der Waals surface area contributed by atoms with Crippen LogP contribution in [0.5, 0.6) is 0 Å². The van der Waals surface area contributed by atoms with E-state index in [9.17, 15) is 0 Å². The van der Waals surface area contributed by atoms with Gasteiger partial charge in [-0.2, -0.15) is 0 Å². The maximum absolute atomic E-state index is 5.62. The van der Waals surface area contributed by atoms with Crippen LogP contribution in [0.25, 0.3) is 0 Å². The Morgan fingerprint density at radius 3 is 2.33 bits per heavy atom. The topological polar surface area (TPSA) is 9.23 Å². The molecule has 0 bridgehead atoms. The predicted octanol–water partition coefficient (Wildman–Crippen LogP) is -0.869. The highest BCUT2D eigenvalue weighted by Gasteiger charge is 2.28. The van der Waals surface area contributed by atoms with Crippen molar-refractivity contribution in [2.24, 2.45) is 0 Å². The standard InChI is InChI=1S/C17H19ClNO.ClH/c18-10-4-5-11-19(13-15-20-16-14-19)12-6-9-17-7-2-1-3-8-17;/h1-3,7-8H,10-16H2;1H/q+1;/p-1. The number of alkyl halides is 1. The van der Waals surface area contributed by atoms with Crippen molar-refractivity contribution in [1.29, 1.82) is 0 Å². The van der Waals surface area contributed by atoms with Crippen molar-refractivity contribution in [3.05, 3.63) is 35.9 Å². The third kappa shape index (κ3) is 6.00. The zero-order valence-electron chi connectivity index (χ0n) is 11.9. The number of ether oxygens (including phenoxy) is 1. The first-order valence-electron chi connectivity index (χ1n) is 6.83. The van der Waals surface area contributed by atoms with Gasteiger partial charge in [-0.25, -0.2) is 0 Å². The van der Waals surface area contributed by atoms with Gasteiger partial charge >= 0.3 is 0 Å². The summed E-state index contributed by atoms with van der Waals surface area (Å²) in [5.74, 6) is 13.0. The second-order valence-corrected chi connectivity index (χ2v) is 5.14. The molecule has 0 saturated carbocycles. The first-order valence-corrected chi connectivity index (χ1v) is 7.37. The molecule has 0 radical (unpaired) electrons. The second kappa shape index (κ2) is 9.72. The lowest BCUT2D eigenvalue weighted by molar-refractivity contribution is -0.922. The Bertz CT molecular complexity index is 531. The van der Waals surface area contributed by atoms with E-state index in [0.29, 0.717) is 5.88 Å². The van der Waals surface area contributed by atoms with Gasteiger partial charge in [-0.1, -0.05) is 30.0 Å². The first kappa shape index (κ1) is 17.9. The molecule has 2 rings (SSSR count). The summed E-state index contributed by atoms with van der Waals surface area (Å²) < 4.78 is 6.35. The van der Waals surface area contributed by atoms with E-state index >= 15 is 0 Å². The molecule has 4 heteroatoms.